The van der Waals surface area contributed by atoms with E-state index in [0.29, 0.717) is 5.02 Å². The number of benzene rings is 1. The Balaban J connectivity index is 2.89. The second kappa shape index (κ2) is 4.49. The number of amides is 1. The van der Waals surface area contributed by atoms with E-state index in [-0.39, 0.29) is 5.91 Å². The minimum atomic E-state index is -0.421. The monoisotopic (exact) mass is 225 g/mol. The molecule has 0 radical (unpaired) electrons. The van der Waals surface area contributed by atoms with Crippen LogP contribution < -0.4 is 5.32 Å². The molecule has 3 heteroatoms. The summed E-state index contributed by atoms with van der Waals surface area (Å²) < 4.78 is 0. The highest BCUT2D eigenvalue weighted by molar-refractivity contribution is 6.30. The largest absolute Gasteiger partial charge is 0.344 e. The Bertz CT molecular complexity index is 368. The van der Waals surface area contributed by atoms with E-state index in [0.717, 1.165) is 5.56 Å². The molecule has 0 aliphatic heterocycles. The van der Waals surface area contributed by atoms with Gasteiger partial charge >= 0.3 is 0 Å². The smallest absolute Gasteiger partial charge is 0.244 e. The van der Waals surface area contributed by atoms with Crippen LogP contribution in [0.4, 0.5) is 0 Å². The highest BCUT2D eigenvalue weighted by Crippen LogP contribution is 2.21. The van der Waals surface area contributed by atoms with Gasteiger partial charge in [0.05, 0.1) is 5.54 Å². The van der Waals surface area contributed by atoms with Crippen LogP contribution in [0.3, 0.4) is 0 Å². The molecular formula is C12H14ClNO. The summed E-state index contributed by atoms with van der Waals surface area (Å²) in [5, 5.41) is 3.53. The van der Waals surface area contributed by atoms with Gasteiger partial charge in [-0.3, -0.25) is 4.79 Å². The second-order valence-corrected chi connectivity index (χ2v) is 4.26. The molecule has 0 atom stereocenters. The van der Waals surface area contributed by atoms with Gasteiger partial charge in [-0.15, -0.1) is 0 Å². The number of carbonyl (C=O) groups is 1. The van der Waals surface area contributed by atoms with Crippen molar-refractivity contribution in [2.24, 2.45) is 0 Å². The van der Waals surface area contributed by atoms with Crippen LogP contribution in [0.5, 0.6) is 0 Å². The highest BCUT2D eigenvalue weighted by atomic mass is 35.5. The van der Waals surface area contributed by atoms with Crippen molar-refractivity contribution in [3.63, 3.8) is 0 Å². The molecule has 0 aromatic heterocycles. The van der Waals surface area contributed by atoms with Crippen molar-refractivity contribution in [1.82, 2.24) is 5.32 Å². The van der Waals surface area contributed by atoms with E-state index < -0.39 is 5.54 Å². The fourth-order valence-electron chi connectivity index (χ4n) is 1.30. The summed E-state index contributed by atoms with van der Waals surface area (Å²) in [5.74, 6) is -0.185. The maximum atomic E-state index is 11.2. The maximum Gasteiger partial charge on any atom is 0.244 e. The normalized spacial score (nSPS) is 10.9. The molecule has 15 heavy (non-hydrogen) atoms. The molecule has 0 bridgehead atoms. The SMILES string of the molecule is C=CC(=O)N[14C](C)(C)c1ccc(Cl)cc1. The van der Waals surface area contributed by atoms with Gasteiger partial charge in [0.2, 0.25) is 5.91 Å². The zero-order valence-corrected chi connectivity index (χ0v) is 9.64. The number of nitrogens with one attached hydrogen (secondary N) is 1. The van der Waals surface area contributed by atoms with Crippen molar-refractivity contribution in [2.75, 3.05) is 0 Å². The number of rotatable bonds is 3. The molecule has 80 valence electrons. The minimum absolute atomic E-state index is 0.185. The Kier molecular flexibility index (Phi) is 3.53. The zero-order valence-electron chi connectivity index (χ0n) is 8.88. The average Bonchev–Trinajstić information content (AvgIpc) is 2.17. The standard InChI is InChI=1S/C12H14ClNO/c1-4-11(15)14-12(2,3)9-5-7-10(13)8-6-9/h4-8H,1H2,2-3H3,(H,14,15)/i12+2. The van der Waals surface area contributed by atoms with Crippen LogP contribution in [-0.4, -0.2) is 5.91 Å². The van der Waals surface area contributed by atoms with Crippen molar-refractivity contribution >= 4 is 17.5 Å². The molecule has 0 fully saturated rings. The first-order valence-corrected chi connectivity index (χ1v) is 5.04. The van der Waals surface area contributed by atoms with Crippen molar-refractivity contribution in [3.8, 4) is 0 Å². The molecule has 1 aromatic rings. The van der Waals surface area contributed by atoms with Gasteiger partial charge in [0.15, 0.2) is 0 Å². The van der Waals surface area contributed by atoms with Gasteiger partial charge in [-0.25, -0.2) is 0 Å². The van der Waals surface area contributed by atoms with E-state index in [2.05, 4.69) is 11.9 Å². The Labute approximate surface area is 94.9 Å². The molecule has 1 aromatic carbocycles. The number of halogens is 1. The molecule has 0 heterocycles. The molecule has 0 saturated carbocycles. The van der Waals surface area contributed by atoms with Crippen molar-refractivity contribution in [2.45, 2.75) is 19.4 Å². The Morgan fingerprint density at radius 2 is 1.93 bits per heavy atom. The molecule has 0 spiro atoms. The van der Waals surface area contributed by atoms with Crippen LogP contribution >= 0.6 is 11.6 Å². The molecule has 0 saturated heterocycles. The summed E-state index contributed by atoms with van der Waals surface area (Å²) in [6, 6.07) is 7.40. The molecule has 1 rings (SSSR count). The lowest BCUT2D eigenvalue weighted by Crippen LogP contribution is -2.39. The third kappa shape index (κ3) is 3.10. The summed E-state index contributed by atoms with van der Waals surface area (Å²) >= 11 is 5.79. The fraction of sp³-hybridized carbons (Fsp3) is 0.250. The molecule has 0 unspecified atom stereocenters. The van der Waals surface area contributed by atoms with Crippen LogP contribution in [0.15, 0.2) is 36.9 Å². The molecule has 2 nitrogen and oxygen atoms in total. The van der Waals surface area contributed by atoms with E-state index in [9.17, 15) is 4.79 Å². The van der Waals surface area contributed by atoms with Crippen molar-refractivity contribution in [1.29, 1.82) is 0 Å². The lowest BCUT2D eigenvalue weighted by atomic mass is 10.3. The van der Waals surface area contributed by atoms with Crippen LogP contribution in [0, 0.1) is 0 Å². The van der Waals surface area contributed by atoms with E-state index in [1.807, 2.05) is 26.0 Å². The van der Waals surface area contributed by atoms with Gasteiger partial charge in [0, 0.05) is 5.02 Å². The third-order valence-corrected chi connectivity index (χ3v) is 2.44. The second-order valence-electron chi connectivity index (χ2n) is 3.83. The van der Waals surface area contributed by atoms with Crippen LogP contribution in [0.25, 0.3) is 0 Å². The summed E-state index contributed by atoms with van der Waals surface area (Å²) in [5.41, 5.74) is 0.581. The molecule has 0 aliphatic carbocycles. The van der Waals surface area contributed by atoms with Gasteiger partial charge in [0.1, 0.15) is 0 Å². The van der Waals surface area contributed by atoms with Gasteiger partial charge in [-0.2, -0.15) is 0 Å². The quantitative estimate of drug-likeness (QED) is 0.788. The first kappa shape index (κ1) is 11.8. The van der Waals surface area contributed by atoms with Crippen molar-refractivity contribution in [3.05, 3.63) is 47.5 Å². The molecule has 0 aliphatic rings. The van der Waals surface area contributed by atoms with E-state index in [4.69, 9.17) is 11.6 Å². The fourth-order valence-corrected chi connectivity index (χ4v) is 1.42. The summed E-state index contributed by atoms with van der Waals surface area (Å²) in [6.07, 6.45) is 1.26. The molecular weight excluding hydrogens is 212 g/mol. The Morgan fingerprint density at radius 3 is 2.40 bits per heavy atom. The van der Waals surface area contributed by atoms with Gasteiger partial charge in [-0.05, 0) is 37.6 Å². The molecule has 1 N–H and O–H groups in total. The Morgan fingerprint density at radius 1 is 1.40 bits per heavy atom. The predicted molar refractivity (Wildman–Crippen MR) is 62.8 cm³/mol. The van der Waals surface area contributed by atoms with Crippen LogP contribution in [0.1, 0.15) is 19.4 Å². The third-order valence-electron chi connectivity index (χ3n) is 2.19. The van der Waals surface area contributed by atoms with Crippen LogP contribution in [0.2, 0.25) is 5.02 Å². The lowest BCUT2D eigenvalue weighted by Gasteiger charge is -2.26. The summed E-state index contributed by atoms with van der Waals surface area (Å²) in [4.78, 5) is 11.2. The summed E-state index contributed by atoms with van der Waals surface area (Å²) in [6.45, 7) is 7.28. The topological polar surface area (TPSA) is 29.1 Å². The molecule has 1 amide bonds. The van der Waals surface area contributed by atoms with Gasteiger partial charge in [-0.1, -0.05) is 30.3 Å². The number of hydrogen-bond acceptors (Lipinski definition) is 1. The zero-order chi connectivity index (χ0) is 11.5. The average molecular weight is 226 g/mol. The first-order chi connectivity index (χ1) is 6.95. The Hall–Kier alpha value is -1.28. The summed E-state index contributed by atoms with van der Waals surface area (Å²) in [7, 11) is 0. The predicted octanol–water partition coefficient (Wildman–Crippen LogP) is 2.88. The minimum Gasteiger partial charge on any atom is -0.344 e. The van der Waals surface area contributed by atoms with Gasteiger partial charge < -0.3 is 5.32 Å². The van der Waals surface area contributed by atoms with E-state index in [1.165, 1.54) is 6.08 Å². The first-order valence-electron chi connectivity index (χ1n) is 4.66. The van der Waals surface area contributed by atoms with E-state index in [1.54, 1.807) is 12.1 Å². The highest BCUT2D eigenvalue weighted by Gasteiger charge is 2.21. The number of carbonyl (C=O) groups excluding carboxylic acids is 1. The maximum absolute atomic E-state index is 11.2. The van der Waals surface area contributed by atoms with Gasteiger partial charge in [0.25, 0.3) is 0 Å². The van der Waals surface area contributed by atoms with E-state index >= 15 is 0 Å². The number of hydrogen-bond donors (Lipinski definition) is 1. The lowest BCUT2D eigenvalue weighted by molar-refractivity contribution is -0.118. The van der Waals surface area contributed by atoms with Crippen LogP contribution in [-0.2, 0) is 10.3 Å². The van der Waals surface area contributed by atoms with Crippen molar-refractivity contribution < 1.29 is 4.79 Å².